The molecule has 1 saturated carbocycles. The average molecular weight is 438 g/mol. The molecule has 0 saturated heterocycles. The first-order chi connectivity index (χ1) is 15.4. The number of guanidine groups is 1. The number of aliphatic imine (C=N–C) groups is 1. The lowest BCUT2D eigenvalue weighted by Crippen LogP contribution is -2.36. The van der Waals surface area contributed by atoms with Gasteiger partial charge in [0.1, 0.15) is 6.10 Å². The van der Waals surface area contributed by atoms with Crippen molar-refractivity contribution >= 4 is 11.9 Å². The van der Waals surface area contributed by atoms with Crippen molar-refractivity contribution in [2.24, 2.45) is 10.9 Å². The minimum absolute atomic E-state index is 0.000676. The molecule has 1 aliphatic rings. The van der Waals surface area contributed by atoms with Gasteiger partial charge in [-0.25, -0.2) is 4.98 Å². The van der Waals surface area contributed by atoms with E-state index in [1.54, 1.807) is 32.2 Å². The number of amides is 1. The zero-order valence-electron chi connectivity index (χ0n) is 19.6. The highest BCUT2D eigenvalue weighted by molar-refractivity contribution is 5.93. The number of pyridine rings is 1. The van der Waals surface area contributed by atoms with Crippen molar-refractivity contribution in [3.63, 3.8) is 0 Å². The van der Waals surface area contributed by atoms with Crippen LogP contribution in [-0.2, 0) is 13.1 Å². The normalized spacial score (nSPS) is 18.7. The van der Waals surface area contributed by atoms with Crippen molar-refractivity contribution in [2.75, 3.05) is 21.1 Å². The van der Waals surface area contributed by atoms with Crippen LogP contribution in [0, 0.1) is 5.92 Å². The second-order valence-corrected chi connectivity index (χ2v) is 8.68. The third-order valence-corrected chi connectivity index (χ3v) is 5.80. The fourth-order valence-electron chi connectivity index (χ4n) is 3.76. The Balaban J connectivity index is 1.47. The van der Waals surface area contributed by atoms with Gasteiger partial charge < -0.3 is 20.3 Å². The van der Waals surface area contributed by atoms with Gasteiger partial charge in [-0.05, 0) is 60.9 Å². The highest BCUT2D eigenvalue weighted by Crippen LogP contribution is 2.26. The van der Waals surface area contributed by atoms with Gasteiger partial charge in [0, 0.05) is 52.1 Å². The van der Waals surface area contributed by atoms with Gasteiger partial charge in [-0.3, -0.25) is 9.79 Å². The summed E-state index contributed by atoms with van der Waals surface area (Å²) in [6.07, 6.45) is 6.73. The Bertz CT molecular complexity index is 903. The zero-order chi connectivity index (χ0) is 22.9. The molecule has 0 unspecified atom stereocenters. The van der Waals surface area contributed by atoms with Crippen LogP contribution >= 0.6 is 0 Å². The maximum absolute atomic E-state index is 12.0. The molecular weight excluding hydrogens is 402 g/mol. The monoisotopic (exact) mass is 437 g/mol. The zero-order valence-corrected chi connectivity index (χ0v) is 19.6. The maximum atomic E-state index is 12.0. The minimum atomic E-state index is 0.000676. The summed E-state index contributed by atoms with van der Waals surface area (Å²) in [7, 11) is 5.25. The summed E-state index contributed by atoms with van der Waals surface area (Å²) in [6.45, 7) is 3.54. The average Bonchev–Trinajstić information content (AvgIpc) is 2.81. The Labute approximate surface area is 191 Å². The molecule has 0 bridgehead atoms. The predicted octanol–water partition coefficient (Wildman–Crippen LogP) is 3.61. The number of ether oxygens (including phenoxy) is 1. The molecule has 7 heteroatoms. The van der Waals surface area contributed by atoms with E-state index in [9.17, 15) is 4.79 Å². The molecule has 1 fully saturated rings. The van der Waals surface area contributed by atoms with Crippen LogP contribution in [0.3, 0.4) is 0 Å². The summed E-state index contributed by atoms with van der Waals surface area (Å²) >= 11 is 0. The molecule has 0 aliphatic heterocycles. The molecule has 3 rings (SSSR count). The standard InChI is InChI=1S/C25H35N5O2/c1-18-5-11-22(12-6-18)32-23-15-20(13-14-27-23)17-29-25(26-2)28-16-19-7-9-21(10-8-19)24(31)30(3)4/h7-10,13-15,18,22H,5-6,11-12,16-17H2,1-4H3,(H2,26,28,29). The molecule has 1 aliphatic carbocycles. The van der Waals surface area contributed by atoms with Crippen molar-refractivity contribution in [3.05, 3.63) is 59.3 Å². The Hall–Kier alpha value is -3.09. The van der Waals surface area contributed by atoms with Crippen LogP contribution in [0.4, 0.5) is 0 Å². The molecule has 1 aromatic carbocycles. The molecule has 0 radical (unpaired) electrons. The molecule has 172 valence electrons. The van der Waals surface area contributed by atoms with E-state index in [1.807, 2.05) is 36.4 Å². The number of carbonyl (C=O) groups is 1. The first-order valence-electron chi connectivity index (χ1n) is 11.3. The number of benzene rings is 1. The maximum Gasteiger partial charge on any atom is 0.253 e. The van der Waals surface area contributed by atoms with E-state index in [4.69, 9.17) is 4.74 Å². The minimum Gasteiger partial charge on any atom is -0.474 e. The van der Waals surface area contributed by atoms with Gasteiger partial charge in [0.2, 0.25) is 5.88 Å². The van der Waals surface area contributed by atoms with Gasteiger partial charge in [-0.1, -0.05) is 19.1 Å². The van der Waals surface area contributed by atoms with E-state index in [1.165, 1.54) is 12.8 Å². The fraction of sp³-hybridized carbons (Fsp3) is 0.480. The van der Waals surface area contributed by atoms with E-state index >= 15 is 0 Å². The smallest absolute Gasteiger partial charge is 0.253 e. The van der Waals surface area contributed by atoms with Crippen LogP contribution in [0.2, 0.25) is 0 Å². The van der Waals surface area contributed by atoms with E-state index in [0.717, 1.165) is 29.9 Å². The van der Waals surface area contributed by atoms with Crippen LogP contribution in [0.25, 0.3) is 0 Å². The fourth-order valence-corrected chi connectivity index (χ4v) is 3.76. The van der Waals surface area contributed by atoms with Crippen molar-refractivity contribution in [3.8, 4) is 5.88 Å². The first kappa shape index (κ1) is 23.6. The molecular formula is C25H35N5O2. The van der Waals surface area contributed by atoms with Crippen molar-refractivity contribution < 1.29 is 9.53 Å². The van der Waals surface area contributed by atoms with E-state index in [-0.39, 0.29) is 12.0 Å². The number of carbonyl (C=O) groups excluding carboxylic acids is 1. The second-order valence-electron chi connectivity index (χ2n) is 8.68. The molecule has 2 N–H and O–H groups in total. The summed E-state index contributed by atoms with van der Waals surface area (Å²) in [5.41, 5.74) is 2.85. The highest BCUT2D eigenvalue weighted by Gasteiger charge is 2.20. The highest BCUT2D eigenvalue weighted by atomic mass is 16.5. The van der Waals surface area contributed by atoms with Crippen LogP contribution in [0.5, 0.6) is 5.88 Å². The summed E-state index contributed by atoms with van der Waals surface area (Å²) in [5, 5.41) is 6.64. The molecule has 1 heterocycles. The lowest BCUT2D eigenvalue weighted by molar-refractivity contribution is 0.0827. The number of nitrogens with zero attached hydrogens (tertiary/aromatic N) is 3. The van der Waals surface area contributed by atoms with Gasteiger partial charge in [-0.2, -0.15) is 0 Å². The second kappa shape index (κ2) is 11.5. The molecule has 0 spiro atoms. The Morgan fingerprint density at radius 1 is 1.06 bits per heavy atom. The summed E-state index contributed by atoms with van der Waals surface area (Å²) in [6, 6.07) is 11.6. The van der Waals surface area contributed by atoms with E-state index < -0.39 is 0 Å². The number of aromatic nitrogens is 1. The van der Waals surface area contributed by atoms with Gasteiger partial charge in [0.05, 0.1) is 0 Å². The predicted molar refractivity (Wildman–Crippen MR) is 128 cm³/mol. The van der Waals surface area contributed by atoms with Crippen LogP contribution < -0.4 is 15.4 Å². The topological polar surface area (TPSA) is 78.9 Å². The van der Waals surface area contributed by atoms with Gasteiger partial charge >= 0.3 is 0 Å². The Kier molecular flexibility index (Phi) is 8.48. The van der Waals surface area contributed by atoms with Crippen LogP contribution in [0.1, 0.15) is 54.1 Å². The third-order valence-electron chi connectivity index (χ3n) is 5.80. The number of nitrogens with one attached hydrogen (secondary N) is 2. The molecule has 0 atom stereocenters. The van der Waals surface area contributed by atoms with Crippen LogP contribution in [-0.4, -0.2) is 49.0 Å². The lowest BCUT2D eigenvalue weighted by atomic mass is 9.89. The van der Waals surface area contributed by atoms with Crippen molar-refractivity contribution in [2.45, 2.75) is 51.8 Å². The molecule has 1 aromatic heterocycles. The largest absolute Gasteiger partial charge is 0.474 e. The van der Waals surface area contributed by atoms with E-state index in [2.05, 4.69) is 27.5 Å². The first-order valence-corrected chi connectivity index (χ1v) is 11.3. The summed E-state index contributed by atoms with van der Waals surface area (Å²) in [4.78, 5) is 22.3. The third kappa shape index (κ3) is 6.97. The van der Waals surface area contributed by atoms with Gasteiger partial charge in [0.25, 0.3) is 5.91 Å². The Morgan fingerprint density at radius 3 is 2.34 bits per heavy atom. The summed E-state index contributed by atoms with van der Waals surface area (Å²) in [5.74, 6) is 2.20. The van der Waals surface area contributed by atoms with Crippen molar-refractivity contribution in [1.29, 1.82) is 0 Å². The molecule has 7 nitrogen and oxygen atoms in total. The number of rotatable bonds is 7. The van der Waals surface area contributed by atoms with Crippen molar-refractivity contribution in [1.82, 2.24) is 20.5 Å². The quantitative estimate of drug-likeness (QED) is 0.511. The lowest BCUT2D eigenvalue weighted by Gasteiger charge is -2.26. The van der Waals surface area contributed by atoms with Gasteiger partial charge in [0.15, 0.2) is 5.96 Å². The SMILES string of the molecule is CN=C(NCc1ccc(C(=O)N(C)C)cc1)NCc1ccnc(OC2CCC(C)CC2)c1. The molecule has 1 amide bonds. The van der Waals surface area contributed by atoms with Crippen LogP contribution in [0.15, 0.2) is 47.6 Å². The van der Waals surface area contributed by atoms with E-state index in [0.29, 0.717) is 30.5 Å². The number of hydrogen-bond acceptors (Lipinski definition) is 4. The Morgan fingerprint density at radius 2 is 1.72 bits per heavy atom. The molecule has 32 heavy (non-hydrogen) atoms. The number of hydrogen-bond donors (Lipinski definition) is 2. The van der Waals surface area contributed by atoms with Gasteiger partial charge in [-0.15, -0.1) is 0 Å². The summed E-state index contributed by atoms with van der Waals surface area (Å²) < 4.78 is 6.11. The molecule has 2 aromatic rings.